The number of carbonyl (C=O) groups is 2. The van der Waals surface area contributed by atoms with Gasteiger partial charge in [0.2, 0.25) is 0 Å². The standard InChI is InChI=1S/C27H28O6/c1-20(17-31-26(28)22-11-5-3-6-12-22)24-15-9-10-16-25(24)27(29)33-21(2)18-30-19-32-23-13-7-4-8-14-23/h3-16,20-21H,17-19H2,1-2H3. The quantitative estimate of drug-likeness (QED) is 0.227. The molecule has 0 aromatic heterocycles. The third kappa shape index (κ3) is 7.47. The lowest BCUT2D eigenvalue weighted by Gasteiger charge is -2.18. The molecule has 0 saturated carbocycles. The molecule has 0 spiro atoms. The number of carbonyl (C=O) groups excluding carboxylic acids is 2. The average Bonchev–Trinajstić information content (AvgIpc) is 2.86. The molecule has 2 atom stereocenters. The first-order valence-corrected chi connectivity index (χ1v) is 10.8. The van der Waals surface area contributed by atoms with E-state index in [-0.39, 0.29) is 25.9 Å². The molecule has 3 aromatic carbocycles. The van der Waals surface area contributed by atoms with E-state index in [1.807, 2.05) is 55.5 Å². The van der Waals surface area contributed by atoms with Crippen LogP contribution in [0.1, 0.15) is 46.0 Å². The van der Waals surface area contributed by atoms with Gasteiger partial charge >= 0.3 is 11.9 Å². The van der Waals surface area contributed by atoms with Gasteiger partial charge in [0.15, 0.2) is 6.79 Å². The first-order valence-electron chi connectivity index (χ1n) is 10.8. The van der Waals surface area contributed by atoms with Gasteiger partial charge in [0, 0.05) is 5.92 Å². The van der Waals surface area contributed by atoms with Gasteiger partial charge in [-0.3, -0.25) is 0 Å². The number of ether oxygens (including phenoxy) is 4. The molecule has 0 heterocycles. The van der Waals surface area contributed by atoms with Crippen LogP contribution in [0, 0.1) is 0 Å². The summed E-state index contributed by atoms with van der Waals surface area (Å²) in [6.45, 7) is 4.07. The summed E-state index contributed by atoms with van der Waals surface area (Å²) in [6, 6.07) is 25.3. The molecule has 0 N–H and O–H groups in total. The molecule has 0 fully saturated rings. The van der Waals surface area contributed by atoms with Gasteiger partial charge in [-0.1, -0.05) is 61.5 Å². The van der Waals surface area contributed by atoms with E-state index in [2.05, 4.69) is 0 Å². The van der Waals surface area contributed by atoms with Crippen molar-refractivity contribution in [2.75, 3.05) is 20.0 Å². The van der Waals surface area contributed by atoms with E-state index in [1.54, 1.807) is 43.3 Å². The van der Waals surface area contributed by atoms with Crippen molar-refractivity contribution in [3.63, 3.8) is 0 Å². The molecule has 0 aliphatic heterocycles. The fourth-order valence-corrected chi connectivity index (χ4v) is 3.18. The van der Waals surface area contributed by atoms with Crippen LogP contribution in [0.2, 0.25) is 0 Å². The van der Waals surface area contributed by atoms with Gasteiger partial charge < -0.3 is 18.9 Å². The van der Waals surface area contributed by atoms with Crippen molar-refractivity contribution in [3.8, 4) is 5.75 Å². The number of hydrogen-bond acceptors (Lipinski definition) is 6. The zero-order valence-electron chi connectivity index (χ0n) is 18.8. The lowest BCUT2D eigenvalue weighted by Crippen LogP contribution is -2.23. The zero-order chi connectivity index (χ0) is 23.5. The van der Waals surface area contributed by atoms with E-state index in [9.17, 15) is 9.59 Å². The molecule has 33 heavy (non-hydrogen) atoms. The molecule has 2 unspecified atom stereocenters. The molecule has 0 saturated heterocycles. The third-order valence-corrected chi connectivity index (χ3v) is 4.90. The first kappa shape index (κ1) is 24.0. The van der Waals surface area contributed by atoms with Gasteiger partial charge in [0.05, 0.1) is 24.3 Å². The second-order valence-corrected chi connectivity index (χ2v) is 7.61. The topological polar surface area (TPSA) is 71.1 Å². The smallest absolute Gasteiger partial charge is 0.338 e. The highest BCUT2D eigenvalue weighted by molar-refractivity contribution is 5.91. The second kappa shape index (κ2) is 12.4. The summed E-state index contributed by atoms with van der Waals surface area (Å²) in [5.74, 6) is -0.330. The fourth-order valence-electron chi connectivity index (χ4n) is 3.18. The van der Waals surface area contributed by atoms with Gasteiger partial charge in [-0.2, -0.15) is 0 Å². The van der Waals surface area contributed by atoms with Crippen LogP contribution in [0.5, 0.6) is 5.75 Å². The second-order valence-electron chi connectivity index (χ2n) is 7.61. The lowest BCUT2D eigenvalue weighted by molar-refractivity contribution is -0.0368. The van der Waals surface area contributed by atoms with Crippen LogP contribution < -0.4 is 4.74 Å². The van der Waals surface area contributed by atoms with Crippen LogP contribution in [0.25, 0.3) is 0 Å². The number of hydrogen-bond donors (Lipinski definition) is 0. The Morgan fingerprint density at radius 1 is 0.758 bits per heavy atom. The third-order valence-electron chi connectivity index (χ3n) is 4.90. The molecule has 6 nitrogen and oxygen atoms in total. The molecular weight excluding hydrogens is 420 g/mol. The summed E-state index contributed by atoms with van der Waals surface area (Å²) >= 11 is 0. The van der Waals surface area contributed by atoms with Gasteiger partial charge in [0.1, 0.15) is 11.9 Å². The van der Waals surface area contributed by atoms with Crippen LogP contribution in [-0.2, 0) is 14.2 Å². The molecule has 0 radical (unpaired) electrons. The highest BCUT2D eigenvalue weighted by Gasteiger charge is 2.20. The summed E-state index contributed by atoms with van der Waals surface area (Å²) in [5, 5.41) is 0. The van der Waals surface area contributed by atoms with E-state index in [0.717, 1.165) is 5.56 Å². The molecular formula is C27H28O6. The summed E-state index contributed by atoms with van der Waals surface area (Å²) in [4.78, 5) is 25.0. The monoisotopic (exact) mass is 448 g/mol. The van der Waals surface area contributed by atoms with Crippen LogP contribution in [0.15, 0.2) is 84.9 Å². The highest BCUT2D eigenvalue weighted by Crippen LogP contribution is 2.22. The minimum Gasteiger partial charge on any atom is -0.468 e. The Bertz CT molecular complexity index is 1020. The molecule has 0 aliphatic rings. The van der Waals surface area contributed by atoms with E-state index in [4.69, 9.17) is 18.9 Å². The number of benzene rings is 3. The van der Waals surface area contributed by atoms with Crippen molar-refractivity contribution >= 4 is 11.9 Å². The number of rotatable bonds is 11. The Labute approximate surface area is 194 Å². The predicted octanol–water partition coefficient (Wildman–Crippen LogP) is 5.25. The predicted molar refractivity (Wildman–Crippen MR) is 124 cm³/mol. The fraction of sp³-hybridized carbons (Fsp3) is 0.259. The van der Waals surface area contributed by atoms with E-state index >= 15 is 0 Å². The van der Waals surface area contributed by atoms with Crippen LogP contribution >= 0.6 is 0 Å². The van der Waals surface area contributed by atoms with Gasteiger partial charge in [-0.05, 0) is 42.8 Å². The summed E-state index contributed by atoms with van der Waals surface area (Å²) in [5.41, 5.74) is 1.68. The first-order chi connectivity index (χ1) is 16.0. The Morgan fingerprint density at radius 2 is 1.39 bits per heavy atom. The van der Waals surface area contributed by atoms with Gasteiger partial charge in [-0.25, -0.2) is 9.59 Å². The normalized spacial score (nSPS) is 12.4. The molecule has 0 aliphatic carbocycles. The Kier molecular flexibility index (Phi) is 9.03. The Morgan fingerprint density at radius 3 is 2.12 bits per heavy atom. The lowest BCUT2D eigenvalue weighted by atomic mass is 9.96. The zero-order valence-corrected chi connectivity index (χ0v) is 18.8. The van der Waals surface area contributed by atoms with Crippen LogP contribution in [0.3, 0.4) is 0 Å². The maximum Gasteiger partial charge on any atom is 0.338 e. The highest BCUT2D eigenvalue weighted by atomic mass is 16.7. The largest absolute Gasteiger partial charge is 0.468 e. The van der Waals surface area contributed by atoms with Crippen molar-refractivity contribution in [2.24, 2.45) is 0 Å². The SMILES string of the molecule is CC(COCOc1ccccc1)OC(=O)c1ccccc1C(C)COC(=O)c1ccccc1. The minimum absolute atomic E-state index is 0.0618. The van der Waals surface area contributed by atoms with Crippen LogP contribution in [-0.4, -0.2) is 38.0 Å². The van der Waals surface area contributed by atoms with Crippen molar-refractivity contribution in [1.29, 1.82) is 0 Å². The number of para-hydroxylation sites is 1. The molecule has 3 rings (SSSR count). The maximum absolute atomic E-state index is 12.8. The Balaban J connectivity index is 1.49. The van der Waals surface area contributed by atoms with Crippen molar-refractivity contribution in [2.45, 2.75) is 25.9 Å². The van der Waals surface area contributed by atoms with Crippen LogP contribution in [0.4, 0.5) is 0 Å². The average molecular weight is 449 g/mol. The van der Waals surface area contributed by atoms with E-state index in [0.29, 0.717) is 16.9 Å². The van der Waals surface area contributed by atoms with Crippen molar-refractivity contribution in [1.82, 2.24) is 0 Å². The minimum atomic E-state index is -0.462. The summed E-state index contributed by atoms with van der Waals surface area (Å²) < 4.78 is 21.9. The molecule has 6 heteroatoms. The summed E-state index contributed by atoms with van der Waals surface area (Å²) in [6.07, 6.45) is -0.462. The molecule has 0 amide bonds. The van der Waals surface area contributed by atoms with Gasteiger partial charge in [0.25, 0.3) is 0 Å². The van der Waals surface area contributed by atoms with E-state index < -0.39 is 18.0 Å². The van der Waals surface area contributed by atoms with Gasteiger partial charge in [-0.15, -0.1) is 0 Å². The maximum atomic E-state index is 12.8. The molecule has 172 valence electrons. The van der Waals surface area contributed by atoms with E-state index in [1.165, 1.54) is 0 Å². The van der Waals surface area contributed by atoms with Crippen molar-refractivity contribution in [3.05, 3.63) is 102 Å². The Hall–Kier alpha value is -3.64. The molecule has 3 aromatic rings. The van der Waals surface area contributed by atoms with Crippen molar-refractivity contribution < 1.29 is 28.5 Å². The number of esters is 2. The summed E-state index contributed by atoms with van der Waals surface area (Å²) in [7, 11) is 0. The molecule has 0 bridgehead atoms.